The molecule has 4 rings (SSSR count). The van der Waals surface area contributed by atoms with E-state index in [4.69, 9.17) is 4.74 Å². The number of aromatic nitrogens is 2. The third kappa shape index (κ3) is 5.10. The number of hydrogen-bond acceptors (Lipinski definition) is 5. The van der Waals surface area contributed by atoms with Gasteiger partial charge in [-0.05, 0) is 42.3 Å². The molecule has 0 radical (unpaired) electrons. The number of ether oxygens (including phenoxy) is 1. The van der Waals surface area contributed by atoms with Gasteiger partial charge in [0.25, 0.3) is 15.9 Å². The fourth-order valence-corrected chi connectivity index (χ4v) is 4.81. The summed E-state index contributed by atoms with van der Waals surface area (Å²) in [6.45, 7) is 2.16. The van der Waals surface area contributed by atoms with E-state index < -0.39 is 15.9 Å². The zero-order valence-corrected chi connectivity index (χ0v) is 19.5. The Morgan fingerprint density at radius 1 is 1.00 bits per heavy atom. The van der Waals surface area contributed by atoms with Gasteiger partial charge in [-0.15, -0.1) is 0 Å². The van der Waals surface area contributed by atoms with Gasteiger partial charge in [0.2, 0.25) is 0 Å². The molecule has 0 aliphatic rings. The molecular formula is C25H24N4O4S. The first-order valence-electron chi connectivity index (χ1n) is 10.5. The molecule has 9 heteroatoms. The summed E-state index contributed by atoms with van der Waals surface area (Å²) in [5.41, 5.74) is 2.06. The van der Waals surface area contributed by atoms with Crippen molar-refractivity contribution in [2.45, 2.75) is 18.4 Å². The summed E-state index contributed by atoms with van der Waals surface area (Å²) in [6, 6.07) is 22.7. The number of anilines is 2. The Morgan fingerprint density at radius 2 is 1.74 bits per heavy atom. The maximum atomic E-state index is 13.1. The highest BCUT2D eigenvalue weighted by Crippen LogP contribution is 2.27. The van der Waals surface area contributed by atoms with Crippen LogP contribution in [-0.2, 0) is 16.6 Å². The van der Waals surface area contributed by atoms with E-state index in [1.807, 2.05) is 30.3 Å². The Balaban J connectivity index is 1.57. The van der Waals surface area contributed by atoms with Gasteiger partial charge in [-0.1, -0.05) is 48.5 Å². The Morgan fingerprint density at radius 3 is 2.50 bits per heavy atom. The second kappa shape index (κ2) is 9.80. The van der Waals surface area contributed by atoms with E-state index in [2.05, 4.69) is 15.1 Å². The van der Waals surface area contributed by atoms with Crippen LogP contribution in [0.1, 0.15) is 21.5 Å². The average Bonchev–Trinajstić information content (AvgIpc) is 3.26. The molecule has 0 bridgehead atoms. The maximum Gasteiger partial charge on any atom is 0.262 e. The molecule has 0 saturated heterocycles. The monoisotopic (exact) mass is 476 g/mol. The number of carbonyl (C=O) groups excluding carboxylic acids is 1. The van der Waals surface area contributed by atoms with Crippen LogP contribution in [0.4, 0.5) is 11.5 Å². The number of nitrogens with zero attached hydrogens (tertiary/aromatic N) is 2. The van der Waals surface area contributed by atoms with Gasteiger partial charge in [-0.3, -0.25) is 9.52 Å². The lowest BCUT2D eigenvalue weighted by Crippen LogP contribution is -2.19. The fourth-order valence-electron chi connectivity index (χ4n) is 3.47. The number of benzene rings is 3. The minimum atomic E-state index is -3.97. The number of hydrogen-bond donors (Lipinski definition) is 2. The number of carbonyl (C=O) groups is 1. The van der Waals surface area contributed by atoms with Crippen molar-refractivity contribution >= 4 is 27.4 Å². The fraction of sp³-hybridized carbons (Fsp3) is 0.120. The minimum absolute atomic E-state index is 0.00356. The summed E-state index contributed by atoms with van der Waals surface area (Å²) in [4.78, 5) is 13.0. The van der Waals surface area contributed by atoms with Crippen molar-refractivity contribution in [2.24, 2.45) is 0 Å². The van der Waals surface area contributed by atoms with E-state index in [0.29, 0.717) is 29.4 Å². The zero-order valence-electron chi connectivity index (χ0n) is 18.7. The predicted molar refractivity (Wildman–Crippen MR) is 131 cm³/mol. The number of methoxy groups -OCH3 is 1. The Kier molecular flexibility index (Phi) is 6.65. The summed E-state index contributed by atoms with van der Waals surface area (Å²) in [6.07, 6.45) is 1.60. The van der Waals surface area contributed by atoms with Crippen LogP contribution in [0, 0.1) is 6.92 Å². The average molecular weight is 477 g/mol. The molecule has 174 valence electrons. The highest BCUT2D eigenvalue weighted by atomic mass is 32.2. The minimum Gasteiger partial charge on any atom is -0.495 e. The van der Waals surface area contributed by atoms with Crippen LogP contribution in [0.5, 0.6) is 5.75 Å². The van der Waals surface area contributed by atoms with E-state index in [1.165, 1.54) is 13.2 Å². The molecule has 0 fully saturated rings. The molecule has 1 aromatic heterocycles. The van der Waals surface area contributed by atoms with Gasteiger partial charge in [0.1, 0.15) is 11.6 Å². The van der Waals surface area contributed by atoms with Crippen molar-refractivity contribution in [3.05, 3.63) is 102 Å². The maximum absolute atomic E-state index is 13.1. The van der Waals surface area contributed by atoms with Gasteiger partial charge in [0.05, 0.1) is 30.4 Å². The zero-order chi connectivity index (χ0) is 24.1. The van der Waals surface area contributed by atoms with Gasteiger partial charge < -0.3 is 10.1 Å². The largest absolute Gasteiger partial charge is 0.495 e. The molecule has 34 heavy (non-hydrogen) atoms. The lowest BCUT2D eigenvalue weighted by molar-refractivity contribution is 0.102. The Bertz CT molecular complexity index is 1420. The van der Waals surface area contributed by atoms with Crippen molar-refractivity contribution < 1.29 is 17.9 Å². The predicted octanol–water partition coefficient (Wildman–Crippen LogP) is 4.30. The van der Waals surface area contributed by atoms with Gasteiger partial charge in [0.15, 0.2) is 0 Å². The number of aryl methyl sites for hydroxylation is 1. The van der Waals surface area contributed by atoms with E-state index in [9.17, 15) is 13.2 Å². The Labute approximate surface area is 198 Å². The van der Waals surface area contributed by atoms with Crippen LogP contribution >= 0.6 is 0 Å². The highest BCUT2D eigenvalue weighted by molar-refractivity contribution is 7.92. The van der Waals surface area contributed by atoms with E-state index >= 15 is 0 Å². The number of para-hydroxylation sites is 2. The van der Waals surface area contributed by atoms with Crippen molar-refractivity contribution in [1.82, 2.24) is 9.78 Å². The standard InChI is InChI=1S/C25H24N4O4S/c1-18-12-13-20(16-23(18)34(31,32)28-21-10-6-7-11-22(21)33-2)25(30)27-24-14-15-26-29(24)17-19-8-4-3-5-9-19/h3-16,28H,17H2,1-2H3,(H,27,30). The van der Waals surface area contributed by atoms with E-state index in [1.54, 1.807) is 60.3 Å². The molecular weight excluding hydrogens is 452 g/mol. The first kappa shape index (κ1) is 23.1. The first-order valence-corrected chi connectivity index (χ1v) is 12.0. The molecule has 0 saturated carbocycles. The molecule has 3 aromatic carbocycles. The van der Waals surface area contributed by atoms with Crippen molar-refractivity contribution in [3.63, 3.8) is 0 Å². The summed E-state index contributed by atoms with van der Waals surface area (Å²) >= 11 is 0. The lowest BCUT2D eigenvalue weighted by atomic mass is 10.1. The molecule has 8 nitrogen and oxygen atoms in total. The number of rotatable bonds is 8. The number of nitrogens with one attached hydrogen (secondary N) is 2. The molecule has 1 heterocycles. The van der Waals surface area contributed by atoms with Gasteiger partial charge in [-0.2, -0.15) is 5.10 Å². The van der Waals surface area contributed by atoms with Gasteiger partial charge >= 0.3 is 0 Å². The topological polar surface area (TPSA) is 102 Å². The normalized spacial score (nSPS) is 11.1. The highest BCUT2D eigenvalue weighted by Gasteiger charge is 2.21. The number of amides is 1. The molecule has 4 aromatic rings. The van der Waals surface area contributed by atoms with Crippen LogP contribution in [0.3, 0.4) is 0 Å². The van der Waals surface area contributed by atoms with Crippen LogP contribution in [0.2, 0.25) is 0 Å². The third-order valence-electron chi connectivity index (χ3n) is 5.22. The quantitative estimate of drug-likeness (QED) is 0.395. The molecule has 0 aliphatic carbocycles. The van der Waals surface area contributed by atoms with E-state index in [0.717, 1.165) is 5.56 Å². The first-order chi connectivity index (χ1) is 16.4. The number of sulfonamides is 1. The van der Waals surface area contributed by atoms with Crippen LogP contribution < -0.4 is 14.8 Å². The van der Waals surface area contributed by atoms with Crippen molar-refractivity contribution in [1.29, 1.82) is 0 Å². The lowest BCUT2D eigenvalue weighted by Gasteiger charge is -2.14. The summed E-state index contributed by atoms with van der Waals surface area (Å²) in [5.74, 6) is 0.457. The van der Waals surface area contributed by atoms with Crippen LogP contribution in [0.15, 0.2) is 90.0 Å². The molecule has 0 unspecified atom stereocenters. The summed E-state index contributed by atoms with van der Waals surface area (Å²) < 4.78 is 35.7. The van der Waals surface area contributed by atoms with Crippen molar-refractivity contribution in [3.8, 4) is 5.75 Å². The summed E-state index contributed by atoms with van der Waals surface area (Å²) in [5, 5.41) is 7.10. The third-order valence-corrected chi connectivity index (χ3v) is 6.73. The Hall–Kier alpha value is -4.11. The van der Waals surface area contributed by atoms with Gasteiger partial charge in [0, 0.05) is 11.6 Å². The second-order valence-corrected chi connectivity index (χ2v) is 9.25. The van der Waals surface area contributed by atoms with E-state index in [-0.39, 0.29) is 10.5 Å². The second-order valence-electron chi connectivity index (χ2n) is 7.60. The molecule has 1 amide bonds. The molecule has 0 atom stereocenters. The molecule has 0 spiro atoms. The van der Waals surface area contributed by atoms with Crippen molar-refractivity contribution in [2.75, 3.05) is 17.1 Å². The van der Waals surface area contributed by atoms with Crippen LogP contribution in [-0.4, -0.2) is 31.2 Å². The molecule has 2 N–H and O–H groups in total. The molecule has 0 aliphatic heterocycles. The van der Waals surface area contributed by atoms with Crippen LogP contribution in [0.25, 0.3) is 0 Å². The summed E-state index contributed by atoms with van der Waals surface area (Å²) in [7, 11) is -2.51. The SMILES string of the molecule is COc1ccccc1NS(=O)(=O)c1cc(C(=O)Nc2ccnn2Cc2ccccc2)ccc1C. The van der Waals surface area contributed by atoms with Gasteiger partial charge in [-0.25, -0.2) is 13.1 Å². The smallest absolute Gasteiger partial charge is 0.262 e.